The van der Waals surface area contributed by atoms with E-state index in [4.69, 9.17) is 11.6 Å². The van der Waals surface area contributed by atoms with Crippen molar-refractivity contribution in [2.75, 3.05) is 5.32 Å². The van der Waals surface area contributed by atoms with Gasteiger partial charge in [0.1, 0.15) is 11.6 Å². The van der Waals surface area contributed by atoms with E-state index in [-0.39, 0.29) is 16.3 Å². The zero-order valence-electron chi connectivity index (χ0n) is 10.4. The van der Waals surface area contributed by atoms with E-state index >= 15 is 0 Å². The van der Waals surface area contributed by atoms with Gasteiger partial charge in [0, 0.05) is 22.8 Å². The second kappa shape index (κ2) is 5.89. The molecule has 2 rings (SSSR count). The first kappa shape index (κ1) is 15.6. The molecule has 0 heterocycles. The molecule has 0 saturated heterocycles. The molecule has 0 fully saturated rings. The summed E-state index contributed by atoms with van der Waals surface area (Å²) in [4.78, 5) is 0. The van der Waals surface area contributed by atoms with Gasteiger partial charge in [0.2, 0.25) is 0 Å². The van der Waals surface area contributed by atoms with Gasteiger partial charge in [-0.25, -0.2) is 8.78 Å². The molecule has 0 aliphatic heterocycles. The third-order valence-corrected chi connectivity index (χ3v) is 3.04. The first-order chi connectivity index (χ1) is 9.79. The van der Waals surface area contributed by atoms with Gasteiger partial charge in [-0.3, -0.25) is 0 Å². The van der Waals surface area contributed by atoms with E-state index in [0.717, 1.165) is 24.3 Å². The van der Waals surface area contributed by atoms with Gasteiger partial charge in [-0.2, -0.15) is 13.2 Å². The number of nitrogens with one attached hydrogen (secondary N) is 1. The Morgan fingerprint density at radius 2 is 1.62 bits per heavy atom. The smallest absolute Gasteiger partial charge is 0.380 e. The number of benzene rings is 2. The lowest BCUT2D eigenvalue weighted by Gasteiger charge is -2.15. The lowest BCUT2D eigenvalue weighted by atomic mass is 10.1. The second-order valence-electron chi connectivity index (χ2n) is 4.24. The summed E-state index contributed by atoms with van der Waals surface area (Å²) in [6, 6.07) is 6.37. The Hall–Kier alpha value is -1.82. The molecule has 1 N–H and O–H groups in total. The number of rotatable bonds is 3. The third-order valence-electron chi connectivity index (χ3n) is 2.80. The molecule has 2 aromatic rings. The van der Waals surface area contributed by atoms with Crippen molar-refractivity contribution in [2.24, 2.45) is 0 Å². The van der Waals surface area contributed by atoms with Gasteiger partial charge in [-0.1, -0.05) is 17.7 Å². The molecular weight excluding hydrogens is 313 g/mol. The quantitative estimate of drug-likeness (QED) is 0.761. The van der Waals surface area contributed by atoms with E-state index in [0.29, 0.717) is 0 Å². The largest absolute Gasteiger partial charge is 0.418 e. The van der Waals surface area contributed by atoms with E-state index in [1.165, 1.54) is 12.1 Å². The zero-order valence-corrected chi connectivity index (χ0v) is 11.2. The van der Waals surface area contributed by atoms with Crippen molar-refractivity contribution < 1.29 is 22.0 Å². The summed E-state index contributed by atoms with van der Waals surface area (Å²) >= 11 is 5.54. The average Bonchev–Trinajstić information content (AvgIpc) is 2.38. The van der Waals surface area contributed by atoms with Crippen LogP contribution in [0.1, 0.15) is 11.1 Å². The van der Waals surface area contributed by atoms with Crippen LogP contribution in [0.4, 0.5) is 27.6 Å². The summed E-state index contributed by atoms with van der Waals surface area (Å²) in [6.07, 6.45) is -4.62. The lowest BCUT2D eigenvalue weighted by Crippen LogP contribution is -2.12. The molecule has 21 heavy (non-hydrogen) atoms. The van der Waals surface area contributed by atoms with Crippen LogP contribution in [0.5, 0.6) is 0 Å². The first-order valence-electron chi connectivity index (χ1n) is 5.82. The minimum Gasteiger partial charge on any atom is -0.380 e. The lowest BCUT2D eigenvalue weighted by molar-refractivity contribution is -0.136. The van der Waals surface area contributed by atoms with Gasteiger partial charge in [-0.15, -0.1) is 0 Å². The molecule has 7 heteroatoms. The van der Waals surface area contributed by atoms with Gasteiger partial charge in [0.25, 0.3) is 0 Å². The summed E-state index contributed by atoms with van der Waals surface area (Å²) in [6.45, 7) is -0.413. The molecule has 1 nitrogen and oxygen atoms in total. The molecule has 0 spiro atoms. The van der Waals surface area contributed by atoms with Crippen molar-refractivity contribution in [2.45, 2.75) is 12.7 Å². The van der Waals surface area contributed by atoms with Gasteiger partial charge in [-0.05, 0) is 30.3 Å². The summed E-state index contributed by atoms with van der Waals surface area (Å²) in [5, 5.41) is 2.31. The van der Waals surface area contributed by atoms with E-state index in [1.54, 1.807) is 0 Å². The van der Waals surface area contributed by atoms with Crippen molar-refractivity contribution in [1.29, 1.82) is 0 Å². The van der Waals surface area contributed by atoms with Gasteiger partial charge in [0.15, 0.2) is 0 Å². The van der Waals surface area contributed by atoms with Gasteiger partial charge in [0.05, 0.1) is 5.56 Å². The zero-order chi connectivity index (χ0) is 15.6. The molecule has 112 valence electrons. The molecule has 2 aromatic carbocycles. The number of alkyl halides is 3. The van der Waals surface area contributed by atoms with Crippen LogP contribution < -0.4 is 5.32 Å². The molecule has 0 aliphatic rings. The van der Waals surface area contributed by atoms with Crippen LogP contribution in [-0.2, 0) is 12.7 Å². The molecule has 0 bridgehead atoms. The topological polar surface area (TPSA) is 12.0 Å². The fourth-order valence-corrected chi connectivity index (χ4v) is 1.96. The molecule has 0 unspecified atom stereocenters. The highest BCUT2D eigenvalue weighted by atomic mass is 35.5. The van der Waals surface area contributed by atoms with Crippen molar-refractivity contribution in [1.82, 2.24) is 0 Å². The highest BCUT2D eigenvalue weighted by Crippen LogP contribution is 2.36. The standard InChI is InChI=1S/C14H9ClF5N/c15-8-4-5-13(10(6-8)14(18,19)20)21-7-9-11(16)2-1-3-12(9)17/h1-6,21H,7H2. The summed E-state index contributed by atoms with van der Waals surface area (Å²) in [5.74, 6) is -1.66. The molecule has 0 aliphatic carbocycles. The molecule has 0 saturated carbocycles. The number of halogens is 6. The summed E-state index contributed by atoms with van der Waals surface area (Å²) < 4.78 is 65.5. The van der Waals surface area contributed by atoms with Crippen LogP contribution in [-0.4, -0.2) is 0 Å². The van der Waals surface area contributed by atoms with E-state index < -0.39 is 29.9 Å². The van der Waals surface area contributed by atoms with Crippen LogP contribution in [0.2, 0.25) is 5.02 Å². The summed E-state index contributed by atoms with van der Waals surface area (Å²) in [7, 11) is 0. The van der Waals surface area contributed by atoms with Crippen molar-refractivity contribution in [3.05, 3.63) is 64.2 Å². The maximum absolute atomic E-state index is 13.4. The minimum absolute atomic E-state index is 0.0788. The predicted molar refractivity (Wildman–Crippen MR) is 70.1 cm³/mol. The fourth-order valence-electron chi connectivity index (χ4n) is 1.79. The number of hydrogen-bond acceptors (Lipinski definition) is 1. The second-order valence-corrected chi connectivity index (χ2v) is 4.68. The predicted octanol–water partition coefficient (Wildman–Crippen LogP) is 5.25. The van der Waals surface area contributed by atoms with Gasteiger partial charge < -0.3 is 5.32 Å². The Morgan fingerprint density at radius 1 is 1.00 bits per heavy atom. The van der Waals surface area contributed by atoms with E-state index in [1.807, 2.05) is 0 Å². The maximum Gasteiger partial charge on any atom is 0.418 e. The van der Waals surface area contributed by atoms with Crippen LogP contribution >= 0.6 is 11.6 Å². The minimum atomic E-state index is -4.62. The normalized spacial score (nSPS) is 11.5. The van der Waals surface area contributed by atoms with Crippen LogP contribution in [0, 0.1) is 11.6 Å². The Kier molecular flexibility index (Phi) is 4.37. The Labute approximate surface area is 122 Å². The van der Waals surface area contributed by atoms with Crippen LogP contribution in [0.3, 0.4) is 0 Å². The highest BCUT2D eigenvalue weighted by molar-refractivity contribution is 6.30. The van der Waals surface area contributed by atoms with E-state index in [2.05, 4.69) is 5.32 Å². The van der Waals surface area contributed by atoms with Crippen molar-refractivity contribution in [3.8, 4) is 0 Å². The molecule has 0 amide bonds. The third kappa shape index (κ3) is 3.64. The highest BCUT2D eigenvalue weighted by Gasteiger charge is 2.33. The molecule has 0 radical (unpaired) electrons. The molecule has 0 aromatic heterocycles. The summed E-state index contributed by atoms with van der Waals surface area (Å²) in [5.41, 5.74) is -1.62. The monoisotopic (exact) mass is 321 g/mol. The Bertz CT molecular complexity index is 634. The Morgan fingerprint density at radius 3 is 2.19 bits per heavy atom. The van der Waals surface area contributed by atoms with Crippen LogP contribution in [0.15, 0.2) is 36.4 Å². The fraction of sp³-hybridized carbons (Fsp3) is 0.143. The SMILES string of the molecule is Fc1cccc(F)c1CNc1ccc(Cl)cc1C(F)(F)F. The molecule has 0 atom stereocenters. The van der Waals surface area contributed by atoms with Crippen molar-refractivity contribution in [3.63, 3.8) is 0 Å². The first-order valence-corrected chi connectivity index (χ1v) is 6.20. The number of anilines is 1. The number of hydrogen-bond donors (Lipinski definition) is 1. The van der Waals surface area contributed by atoms with Gasteiger partial charge >= 0.3 is 6.18 Å². The average molecular weight is 322 g/mol. The van der Waals surface area contributed by atoms with E-state index in [9.17, 15) is 22.0 Å². The van der Waals surface area contributed by atoms with Crippen LogP contribution in [0.25, 0.3) is 0 Å². The van der Waals surface area contributed by atoms with Crippen molar-refractivity contribution >= 4 is 17.3 Å². The Balaban J connectivity index is 2.29. The maximum atomic E-state index is 13.4. The molecular formula is C14H9ClF5N.